The maximum Gasteiger partial charge on any atom is 0.261 e. The Labute approximate surface area is 237 Å². The second-order valence-electron chi connectivity index (χ2n) is 11.4. The van der Waals surface area contributed by atoms with E-state index in [9.17, 15) is 14.7 Å². The number of hydrogen-bond acceptors (Lipinski definition) is 7. The molecule has 40 heavy (non-hydrogen) atoms. The number of aromatic hydroxyl groups is 1. The van der Waals surface area contributed by atoms with Gasteiger partial charge in [0.2, 0.25) is 5.91 Å². The van der Waals surface area contributed by atoms with Gasteiger partial charge in [-0.1, -0.05) is 24.2 Å². The summed E-state index contributed by atoms with van der Waals surface area (Å²) >= 11 is 6.86. The molecule has 4 aliphatic rings. The maximum absolute atomic E-state index is 15.1. The molecule has 1 aromatic heterocycles. The summed E-state index contributed by atoms with van der Waals surface area (Å²) in [4.78, 5) is 39.4. The molecule has 5 heterocycles. The van der Waals surface area contributed by atoms with Gasteiger partial charge in [-0.05, 0) is 58.0 Å². The van der Waals surface area contributed by atoms with Crippen molar-refractivity contribution in [3.8, 4) is 22.8 Å². The predicted molar refractivity (Wildman–Crippen MR) is 149 cm³/mol. The normalized spacial score (nSPS) is 24.1. The van der Waals surface area contributed by atoms with Crippen molar-refractivity contribution in [3.05, 3.63) is 47.3 Å². The van der Waals surface area contributed by atoms with Gasteiger partial charge in [-0.3, -0.25) is 14.5 Å². The number of rotatable bonds is 4. The number of hydrogen-bond donors (Lipinski definition) is 1. The number of piperazine rings is 1. The Morgan fingerprint density at radius 1 is 1.23 bits per heavy atom. The Kier molecular flexibility index (Phi) is 6.65. The van der Waals surface area contributed by atoms with Crippen LogP contribution < -0.4 is 9.64 Å². The van der Waals surface area contributed by atoms with Crippen LogP contribution in [0.15, 0.2) is 30.9 Å². The van der Waals surface area contributed by atoms with E-state index < -0.39 is 17.4 Å². The molecular formula is C29H33ClFN5O4. The van der Waals surface area contributed by atoms with Gasteiger partial charge in [0.25, 0.3) is 5.91 Å². The molecule has 212 valence electrons. The molecule has 0 saturated carbocycles. The Hall–Kier alpha value is -3.37. The van der Waals surface area contributed by atoms with E-state index in [1.54, 1.807) is 9.80 Å². The summed E-state index contributed by atoms with van der Waals surface area (Å²) < 4.78 is 21.4. The molecule has 0 bridgehead atoms. The van der Waals surface area contributed by atoms with Crippen molar-refractivity contribution in [2.75, 3.05) is 50.8 Å². The van der Waals surface area contributed by atoms with Crippen LogP contribution in [-0.2, 0) is 4.79 Å². The van der Waals surface area contributed by atoms with Crippen molar-refractivity contribution in [1.82, 2.24) is 19.7 Å². The summed E-state index contributed by atoms with van der Waals surface area (Å²) in [7, 11) is 0. The molecule has 1 unspecified atom stereocenters. The number of anilines is 1. The third-order valence-corrected chi connectivity index (χ3v) is 9.24. The van der Waals surface area contributed by atoms with E-state index in [1.165, 1.54) is 24.3 Å². The molecule has 0 aliphatic carbocycles. The highest BCUT2D eigenvalue weighted by Gasteiger charge is 2.49. The van der Waals surface area contributed by atoms with Crippen LogP contribution in [0.2, 0.25) is 5.02 Å². The van der Waals surface area contributed by atoms with Crippen LogP contribution in [0, 0.1) is 5.82 Å². The lowest BCUT2D eigenvalue weighted by Gasteiger charge is -2.46. The van der Waals surface area contributed by atoms with E-state index in [0.717, 1.165) is 25.9 Å². The number of amides is 2. The van der Waals surface area contributed by atoms with Gasteiger partial charge in [0.05, 0.1) is 17.1 Å². The zero-order valence-corrected chi connectivity index (χ0v) is 23.5. The van der Waals surface area contributed by atoms with Crippen molar-refractivity contribution < 1.29 is 23.8 Å². The first-order valence-corrected chi connectivity index (χ1v) is 14.1. The highest BCUT2D eigenvalue weighted by molar-refractivity contribution is 6.35. The third kappa shape index (κ3) is 4.11. The summed E-state index contributed by atoms with van der Waals surface area (Å²) in [5, 5.41) is 10.6. The van der Waals surface area contributed by atoms with Crippen molar-refractivity contribution in [3.63, 3.8) is 0 Å². The fraction of sp³-hybridized carbons (Fsp3) is 0.483. The number of halogens is 2. The molecule has 2 amide bonds. The summed E-state index contributed by atoms with van der Waals surface area (Å²) in [5.41, 5.74) is -0.295. The predicted octanol–water partition coefficient (Wildman–Crippen LogP) is 3.54. The first kappa shape index (κ1) is 26.8. The maximum atomic E-state index is 15.1. The van der Waals surface area contributed by atoms with Crippen molar-refractivity contribution in [2.45, 2.75) is 44.3 Å². The smallest absolute Gasteiger partial charge is 0.261 e. The molecule has 6 rings (SSSR count). The minimum Gasteiger partial charge on any atom is -0.507 e. The van der Waals surface area contributed by atoms with Crippen LogP contribution in [0.4, 0.5) is 10.2 Å². The van der Waals surface area contributed by atoms with Gasteiger partial charge in [0.1, 0.15) is 40.3 Å². The quantitative estimate of drug-likeness (QED) is 0.563. The SMILES string of the molecule is C=CC(=O)N1CCN2C(=O)c3c(N4CCC(N5CCC5)C4(C)C)nc(-c4c(O)cccc4F)c(Cl)c3OC[C@H]2C1. The standard InChI is InChI=1S/C29H33ClFN5O4/c1-4-21(38)34-13-14-35-17(15-34)16-40-26-23(28(35)39)27(36-12-9-20(29(36,2)3)33-10-6-11-33)32-25(24(26)30)22-18(31)7-5-8-19(22)37/h4-5,7-8,17,20,37H,1,6,9-16H2,2-3H3/t17-,20?/m1/s1. The molecule has 9 nitrogen and oxygen atoms in total. The number of fused-ring (bicyclic) bond motifs is 2. The van der Waals surface area contributed by atoms with Gasteiger partial charge in [-0.25, -0.2) is 9.37 Å². The summed E-state index contributed by atoms with van der Waals surface area (Å²) in [6.45, 7) is 11.6. The van der Waals surface area contributed by atoms with Crippen LogP contribution >= 0.6 is 11.6 Å². The number of pyridine rings is 1. The summed E-state index contributed by atoms with van der Waals surface area (Å²) in [5.74, 6) is -1.01. The lowest BCUT2D eigenvalue weighted by atomic mass is 9.91. The van der Waals surface area contributed by atoms with Crippen LogP contribution in [0.5, 0.6) is 11.5 Å². The summed E-state index contributed by atoms with van der Waals surface area (Å²) in [6.07, 6.45) is 3.30. The summed E-state index contributed by atoms with van der Waals surface area (Å²) in [6, 6.07) is 3.85. The van der Waals surface area contributed by atoms with Crippen LogP contribution in [0.25, 0.3) is 11.3 Å². The molecule has 4 aliphatic heterocycles. The first-order chi connectivity index (χ1) is 19.1. The highest BCUT2D eigenvalue weighted by Crippen LogP contribution is 2.48. The fourth-order valence-corrected chi connectivity index (χ4v) is 6.90. The van der Waals surface area contributed by atoms with Crippen LogP contribution in [0.3, 0.4) is 0 Å². The fourth-order valence-electron chi connectivity index (χ4n) is 6.62. The molecule has 1 aromatic carbocycles. The van der Waals surface area contributed by atoms with Crippen molar-refractivity contribution >= 4 is 29.2 Å². The van der Waals surface area contributed by atoms with Gasteiger partial charge >= 0.3 is 0 Å². The van der Waals surface area contributed by atoms with Gasteiger partial charge < -0.3 is 24.5 Å². The average Bonchev–Trinajstić information content (AvgIpc) is 3.11. The van der Waals surface area contributed by atoms with Crippen LogP contribution in [0.1, 0.15) is 37.0 Å². The molecule has 0 radical (unpaired) electrons. The molecule has 3 saturated heterocycles. The lowest BCUT2D eigenvalue weighted by molar-refractivity contribution is -0.128. The number of aromatic nitrogens is 1. The van der Waals surface area contributed by atoms with Gasteiger partial charge in [-0.2, -0.15) is 0 Å². The molecule has 11 heteroatoms. The van der Waals surface area contributed by atoms with Crippen LogP contribution in [-0.4, -0.2) is 100 Å². The van der Waals surface area contributed by atoms with Gasteiger partial charge in [0, 0.05) is 32.2 Å². The largest absolute Gasteiger partial charge is 0.507 e. The van der Waals surface area contributed by atoms with E-state index in [-0.39, 0.29) is 64.4 Å². The highest BCUT2D eigenvalue weighted by atomic mass is 35.5. The lowest BCUT2D eigenvalue weighted by Crippen LogP contribution is -2.58. The molecule has 0 spiro atoms. The number of carbonyl (C=O) groups is 2. The van der Waals surface area contributed by atoms with E-state index in [4.69, 9.17) is 21.3 Å². The number of carbonyl (C=O) groups excluding carboxylic acids is 2. The molecule has 2 aromatic rings. The number of ether oxygens (including phenoxy) is 1. The minimum atomic E-state index is -0.685. The Bertz CT molecular complexity index is 1380. The molecule has 3 fully saturated rings. The minimum absolute atomic E-state index is 0.0188. The van der Waals surface area contributed by atoms with E-state index in [0.29, 0.717) is 25.5 Å². The molecular weight excluding hydrogens is 537 g/mol. The zero-order valence-electron chi connectivity index (χ0n) is 22.7. The average molecular weight is 570 g/mol. The Balaban J connectivity index is 1.51. The monoisotopic (exact) mass is 569 g/mol. The topological polar surface area (TPSA) is 89.5 Å². The first-order valence-electron chi connectivity index (χ1n) is 13.7. The van der Waals surface area contributed by atoms with Crippen molar-refractivity contribution in [2.24, 2.45) is 0 Å². The molecule has 2 atom stereocenters. The molecule has 1 N–H and O–H groups in total. The number of nitrogens with zero attached hydrogens (tertiary/aromatic N) is 5. The number of phenols is 1. The number of likely N-dealkylation sites (tertiary alicyclic amines) is 1. The van der Waals surface area contributed by atoms with E-state index >= 15 is 4.39 Å². The van der Waals surface area contributed by atoms with Crippen molar-refractivity contribution in [1.29, 1.82) is 0 Å². The van der Waals surface area contributed by atoms with E-state index in [1.807, 2.05) is 0 Å². The number of benzene rings is 1. The van der Waals surface area contributed by atoms with Gasteiger partial charge in [-0.15, -0.1) is 0 Å². The second-order valence-corrected chi connectivity index (χ2v) is 11.8. The second kappa shape index (κ2) is 9.92. The Morgan fingerprint density at radius 2 is 2.00 bits per heavy atom. The zero-order chi connectivity index (χ0) is 28.3. The Morgan fingerprint density at radius 3 is 2.67 bits per heavy atom. The third-order valence-electron chi connectivity index (χ3n) is 8.89. The van der Waals surface area contributed by atoms with E-state index in [2.05, 4.69) is 30.2 Å². The number of phenolic OH excluding ortho intramolecular Hbond substituents is 1. The van der Waals surface area contributed by atoms with Gasteiger partial charge in [0.15, 0.2) is 5.75 Å².